The second-order valence-electron chi connectivity index (χ2n) is 7.04. The zero-order valence-electron chi connectivity index (χ0n) is 16.1. The number of rotatable bonds is 9. The van der Waals surface area contributed by atoms with Crippen molar-refractivity contribution in [1.82, 2.24) is 15.5 Å². The average Bonchev–Trinajstić information content (AvgIpc) is 3.26. The van der Waals surface area contributed by atoms with E-state index in [-0.39, 0.29) is 36.1 Å². The molecule has 2 unspecified atom stereocenters. The highest BCUT2D eigenvalue weighted by Crippen LogP contribution is 2.21. The smallest absolute Gasteiger partial charge is 0.191 e. The van der Waals surface area contributed by atoms with E-state index < -0.39 is 0 Å². The Morgan fingerprint density at radius 1 is 1.32 bits per heavy atom. The number of hydrogen-bond donors (Lipinski definition) is 2. The van der Waals surface area contributed by atoms with Crippen LogP contribution in [0.1, 0.15) is 46.0 Å². The van der Waals surface area contributed by atoms with E-state index in [2.05, 4.69) is 36.4 Å². The van der Waals surface area contributed by atoms with E-state index in [1.165, 1.54) is 25.7 Å². The Morgan fingerprint density at radius 3 is 2.72 bits per heavy atom. The average molecular weight is 468 g/mol. The Bertz CT molecular complexity index is 372. The number of ether oxygens (including phenoxy) is 2. The number of hydrogen-bond acceptors (Lipinski definition) is 4. The van der Waals surface area contributed by atoms with Crippen LogP contribution < -0.4 is 10.6 Å². The molecule has 6 nitrogen and oxygen atoms in total. The molecule has 0 bridgehead atoms. The molecule has 2 atom stereocenters. The van der Waals surface area contributed by atoms with E-state index in [4.69, 9.17) is 14.5 Å². The SMILES string of the molecule is CCNC(=NCCN(C)C1CCCC1)NC(C)COC1CCOC1.I. The molecule has 2 aliphatic rings. The summed E-state index contributed by atoms with van der Waals surface area (Å²) in [6.07, 6.45) is 6.72. The number of aliphatic imine (C=N–C) groups is 1. The van der Waals surface area contributed by atoms with E-state index in [1.807, 2.05) is 0 Å². The minimum Gasteiger partial charge on any atom is -0.379 e. The molecule has 1 saturated heterocycles. The molecule has 2 rings (SSSR count). The molecule has 2 N–H and O–H groups in total. The van der Waals surface area contributed by atoms with Gasteiger partial charge in [0.1, 0.15) is 0 Å². The monoisotopic (exact) mass is 468 g/mol. The summed E-state index contributed by atoms with van der Waals surface area (Å²) in [7, 11) is 2.23. The standard InChI is InChI=1S/C18H36N4O2.HI/c1-4-19-18(20-10-11-22(3)16-7-5-6-8-16)21-15(2)13-24-17-9-12-23-14-17;/h15-17H,4-14H2,1-3H3,(H2,19,20,21);1H. The van der Waals surface area contributed by atoms with Gasteiger partial charge in [-0.05, 0) is 40.2 Å². The highest BCUT2D eigenvalue weighted by atomic mass is 127. The molecule has 0 aromatic heterocycles. The van der Waals surface area contributed by atoms with Crippen LogP contribution in [0.25, 0.3) is 0 Å². The van der Waals surface area contributed by atoms with Crippen LogP contribution in [-0.2, 0) is 9.47 Å². The van der Waals surface area contributed by atoms with E-state index in [0.717, 1.165) is 51.3 Å². The summed E-state index contributed by atoms with van der Waals surface area (Å²) in [4.78, 5) is 7.18. The normalized spacial score (nSPS) is 22.9. The highest BCUT2D eigenvalue weighted by Gasteiger charge is 2.19. The molecular weight excluding hydrogens is 431 g/mol. The predicted octanol–water partition coefficient (Wildman–Crippen LogP) is 2.23. The number of halogens is 1. The van der Waals surface area contributed by atoms with Gasteiger partial charge in [-0.15, -0.1) is 24.0 Å². The summed E-state index contributed by atoms with van der Waals surface area (Å²) in [5.74, 6) is 0.885. The Labute approximate surface area is 170 Å². The van der Waals surface area contributed by atoms with Gasteiger partial charge in [-0.2, -0.15) is 0 Å². The van der Waals surface area contributed by atoms with Crippen LogP contribution in [0.4, 0.5) is 0 Å². The van der Waals surface area contributed by atoms with Crippen molar-refractivity contribution >= 4 is 29.9 Å². The number of nitrogens with one attached hydrogen (secondary N) is 2. The van der Waals surface area contributed by atoms with E-state index in [0.29, 0.717) is 6.61 Å². The zero-order chi connectivity index (χ0) is 17.2. The summed E-state index contributed by atoms with van der Waals surface area (Å²) in [6, 6.07) is 0.993. The van der Waals surface area contributed by atoms with E-state index >= 15 is 0 Å². The number of nitrogens with zero attached hydrogens (tertiary/aromatic N) is 2. The first-order valence-corrected chi connectivity index (χ1v) is 9.63. The van der Waals surface area contributed by atoms with Crippen LogP contribution in [0.2, 0.25) is 0 Å². The van der Waals surface area contributed by atoms with Gasteiger partial charge in [0.25, 0.3) is 0 Å². The first-order valence-electron chi connectivity index (χ1n) is 9.63. The molecule has 1 heterocycles. The van der Waals surface area contributed by atoms with Crippen molar-refractivity contribution in [3.8, 4) is 0 Å². The third kappa shape index (κ3) is 8.88. The third-order valence-electron chi connectivity index (χ3n) is 4.87. The maximum atomic E-state index is 5.88. The number of likely N-dealkylation sites (N-methyl/N-ethyl adjacent to an activating group) is 1. The van der Waals surface area contributed by atoms with Crippen molar-refractivity contribution in [3.05, 3.63) is 0 Å². The Morgan fingerprint density at radius 2 is 2.08 bits per heavy atom. The van der Waals surface area contributed by atoms with Gasteiger partial charge >= 0.3 is 0 Å². The Kier molecular flexibility index (Phi) is 12.0. The lowest BCUT2D eigenvalue weighted by Gasteiger charge is -2.23. The topological polar surface area (TPSA) is 58.1 Å². The fourth-order valence-corrected chi connectivity index (χ4v) is 3.37. The zero-order valence-corrected chi connectivity index (χ0v) is 18.5. The first kappa shape index (κ1) is 22.9. The van der Waals surface area contributed by atoms with Crippen LogP contribution in [0, 0.1) is 0 Å². The molecule has 25 heavy (non-hydrogen) atoms. The van der Waals surface area contributed by atoms with Gasteiger partial charge in [0.05, 0.1) is 25.9 Å². The molecule has 1 saturated carbocycles. The molecule has 0 aromatic carbocycles. The summed E-state index contributed by atoms with van der Waals surface area (Å²) in [5, 5.41) is 6.76. The largest absolute Gasteiger partial charge is 0.379 e. The van der Waals surface area contributed by atoms with Crippen LogP contribution in [0.3, 0.4) is 0 Å². The fraction of sp³-hybridized carbons (Fsp3) is 0.944. The van der Waals surface area contributed by atoms with E-state index in [1.54, 1.807) is 0 Å². The molecule has 0 amide bonds. The lowest BCUT2D eigenvalue weighted by Crippen LogP contribution is -2.45. The van der Waals surface area contributed by atoms with Crippen molar-refractivity contribution in [1.29, 1.82) is 0 Å². The van der Waals surface area contributed by atoms with Crippen LogP contribution >= 0.6 is 24.0 Å². The van der Waals surface area contributed by atoms with Crippen LogP contribution in [0.15, 0.2) is 4.99 Å². The van der Waals surface area contributed by atoms with Gasteiger partial charge in [0, 0.05) is 31.8 Å². The molecule has 1 aliphatic heterocycles. The summed E-state index contributed by atoms with van der Waals surface area (Å²) in [5.41, 5.74) is 0. The second-order valence-corrected chi connectivity index (χ2v) is 7.04. The lowest BCUT2D eigenvalue weighted by molar-refractivity contribution is 0.0347. The van der Waals surface area contributed by atoms with Gasteiger partial charge in [0.15, 0.2) is 5.96 Å². The molecule has 7 heteroatoms. The minimum absolute atomic E-state index is 0. The summed E-state index contributed by atoms with van der Waals surface area (Å²) in [6.45, 7) is 9.18. The molecule has 0 spiro atoms. The quantitative estimate of drug-likeness (QED) is 0.309. The second kappa shape index (κ2) is 13.1. The van der Waals surface area contributed by atoms with Crippen molar-refractivity contribution in [2.75, 3.05) is 46.5 Å². The van der Waals surface area contributed by atoms with Crippen molar-refractivity contribution in [2.24, 2.45) is 4.99 Å². The molecule has 1 aliphatic carbocycles. The Hall–Kier alpha value is -0.120. The Balaban J connectivity index is 0.00000312. The van der Waals surface area contributed by atoms with Crippen LogP contribution in [-0.4, -0.2) is 75.5 Å². The van der Waals surface area contributed by atoms with Gasteiger partial charge in [-0.1, -0.05) is 12.8 Å². The molecule has 2 fully saturated rings. The van der Waals surface area contributed by atoms with E-state index in [9.17, 15) is 0 Å². The maximum absolute atomic E-state index is 5.88. The van der Waals surface area contributed by atoms with Gasteiger partial charge in [-0.25, -0.2) is 0 Å². The first-order chi connectivity index (χ1) is 11.7. The summed E-state index contributed by atoms with van der Waals surface area (Å²) >= 11 is 0. The van der Waals surface area contributed by atoms with Crippen molar-refractivity contribution < 1.29 is 9.47 Å². The molecule has 0 aromatic rings. The maximum Gasteiger partial charge on any atom is 0.191 e. The number of guanidine groups is 1. The van der Waals surface area contributed by atoms with Crippen molar-refractivity contribution in [3.63, 3.8) is 0 Å². The molecular formula is C18H37IN4O2. The minimum atomic E-state index is 0. The third-order valence-corrected chi connectivity index (χ3v) is 4.87. The van der Waals surface area contributed by atoms with Crippen molar-refractivity contribution in [2.45, 2.75) is 64.1 Å². The lowest BCUT2D eigenvalue weighted by atomic mass is 10.2. The van der Waals surface area contributed by atoms with Crippen LogP contribution in [0.5, 0.6) is 0 Å². The molecule has 148 valence electrons. The predicted molar refractivity (Wildman–Crippen MR) is 114 cm³/mol. The highest BCUT2D eigenvalue weighted by molar-refractivity contribution is 14.0. The van der Waals surface area contributed by atoms with Gasteiger partial charge in [0.2, 0.25) is 0 Å². The molecule has 0 radical (unpaired) electrons. The summed E-state index contributed by atoms with van der Waals surface area (Å²) < 4.78 is 11.2. The van der Waals surface area contributed by atoms with Gasteiger partial charge in [-0.3, -0.25) is 4.99 Å². The fourth-order valence-electron chi connectivity index (χ4n) is 3.37. The van der Waals surface area contributed by atoms with Gasteiger partial charge < -0.3 is 25.0 Å².